The summed E-state index contributed by atoms with van der Waals surface area (Å²) < 4.78 is 2.14. The summed E-state index contributed by atoms with van der Waals surface area (Å²) >= 11 is 0. The maximum atomic E-state index is 2.20. The normalized spacial score (nSPS) is 8.59. The van der Waals surface area contributed by atoms with E-state index in [1.54, 1.807) is 0 Å². The molecule has 0 radical (unpaired) electrons. The van der Waals surface area contributed by atoms with Gasteiger partial charge < -0.3 is 4.57 Å². The van der Waals surface area contributed by atoms with E-state index < -0.39 is 0 Å². The Morgan fingerprint density at radius 2 is 1.35 bits per heavy atom. The molecule has 0 saturated carbocycles. The molecule has 17 heavy (non-hydrogen) atoms. The van der Waals surface area contributed by atoms with Gasteiger partial charge in [-0.1, -0.05) is 39.8 Å². The van der Waals surface area contributed by atoms with Crippen molar-refractivity contribution in [2.45, 2.75) is 41.5 Å². The molecule has 0 bridgehead atoms. The van der Waals surface area contributed by atoms with E-state index >= 15 is 0 Å². The molecule has 1 heterocycles. The molecule has 1 heteroatoms. The van der Waals surface area contributed by atoms with Crippen LogP contribution in [-0.2, 0) is 0 Å². The first kappa shape index (κ1) is 15.5. The van der Waals surface area contributed by atoms with E-state index in [0.717, 1.165) is 0 Å². The van der Waals surface area contributed by atoms with Gasteiger partial charge in [0.2, 0.25) is 0 Å². The van der Waals surface area contributed by atoms with Crippen LogP contribution >= 0.6 is 0 Å². The summed E-state index contributed by atoms with van der Waals surface area (Å²) in [5.41, 5.74) is 3.88. The molecule has 0 fully saturated rings. The number of hydrogen-bond donors (Lipinski definition) is 0. The maximum absolute atomic E-state index is 2.20. The molecule has 94 valence electrons. The minimum Gasteiger partial charge on any atom is -0.324 e. The summed E-state index contributed by atoms with van der Waals surface area (Å²) in [6.07, 6.45) is 4.14. The van der Waals surface area contributed by atoms with Crippen molar-refractivity contribution in [3.8, 4) is 5.69 Å². The highest BCUT2D eigenvalue weighted by molar-refractivity contribution is 5.43. The van der Waals surface area contributed by atoms with Crippen LogP contribution in [0.1, 0.15) is 38.8 Å². The van der Waals surface area contributed by atoms with E-state index in [4.69, 9.17) is 0 Å². The minimum absolute atomic E-state index is 1.27. The molecular formula is C16H25N. The van der Waals surface area contributed by atoms with Gasteiger partial charge in [-0.3, -0.25) is 0 Å². The SMILES string of the molecule is CC.CC.Cc1ccc(C)c(-n2cccc2)c1. The lowest BCUT2D eigenvalue weighted by atomic mass is 10.1. The van der Waals surface area contributed by atoms with Crippen molar-refractivity contribution in [3.63, 3.8) is 0 Å². The van der Waals surface area contributed by atoms with Crippen LogP contribution in [0.4, 0.5) is 0 Å². The van der Waals surface area contributed by atoms with Crippen molar-refractivity contribution < 1.29 is 0 Å². The summed E-state index contributed by atoms with van der Waals surface area (Å²) in [7, 11) is 0. The molecule has 1 nitrogen and oxygen atoms in total. The lowest BCUT2D eigenvalue weighted by molar-refractivity contribution is 1.06. The van der Waals surface area contributed by atoms with Crippen molar-refractivity contribution in [1.82, 2.24) is 4.57 Å². The third-order valence-corrected chi connectivity index (χ3v) is 2.25. The predicted molar refractivity (Wildman–Crippen MR) is 77.9 cm³/mol. The lowest BCUT2D eigenvalue weighted by Crippen LogP contribution is -1.93. The van der Waals surface area contributed by atoms with Gasteiger partial charge in [0.1, 0.15) is 0 Å². The van der Waals surface area contributed by atoms with E-state index in [1.807, 2.05) is 39.8 Å². The monoisotopic (exact) mass is 231 g/mol. The second-order valence-corrected chi connectivity index (χ2v) is 3.38. The molecule has 1 aromatic carbocycles. The molecule has 0 saturated heterocycles. The average molecular weight is 231 g/mol. The fraction of sp³-hybridized carbons (Fsp3) is 0.375. The third-order valence-electron chi connectivity index (χ3n) is 2.25. The van der Waals surface area contributed by atoms with E-state index in [1.165, 1.54) is 16.8 Å². The van der Waals surface area contributed by atoms with Gasteiger partial charge in [-0.15, -0.1) is 0 Å². The van der Waals surface area contributed by atoms with E-state index in [-0.39, 0.29) is 0 Å². The Hall–Kier alpha value is -1.50. The Labute approximate surface area is 106 Å². The molecule has 0 spiro atoms. The molecule has 0 aliphatic heterocycles. The quantitative estimate of drug-likeness (QED) is 0.640. The zero-order valence-electron chi connectivity index (χ0n) is 12.0. The summed E-state index contributed by atoms with van der Waals surface area (Å²) in [4.78, 5) is 0. The molecular weight excluding hydrogens is 206 g/mol. The molecule has 0 atom stereocenters. The molecule has 0 unspecified atom stereocenters. The van der Waals surface area contributed by atoms with Gasteiger partial charge in [-0.2, -0.15) is 0 Å². The van der Waals surface area contributed by atoms with Crippen molar-refractivity contribution >= 4 is 0 Å². The van der Waals surface area contributed by atoms with Crippen LogP contribution < -0.4 is 0 Å². The Morgan fingerprint density at radius 3 is 1.88 bits per heavy atom. The van der Waals surface area contributed by atoms with Crippen LogP contribution in [0.3, 0.4) is 0 Å². The largest absolute Gasteiger partial charge is 0.324 e. The van der Waals surface area contributed by atoms with Crippen LogP contribution in [0.5, 0.6) is 0 Å². The highest BCUT2D eigenvalue weighted by Crippen LogP contribution is 2.15. The lowest BCUT2D eigenvalue weighted by Gasteiger charge is -2.07. The standard InChI is InChI=1S/C12H13N.2C2H6/c1-10-5-6-11(2)12(9-10)13-7-3-4-8-13;2*1-2/h3-9H,1-2H3;2*1-2H3. The fourth-order valence-electron chi connectivity index (χ4n) is 1.49. The smallest absolute Gasteiger partial charge is 0.0481 e. The third kappa shape index (κ3) is 4.48. The van der Waals surface area contributed by atoms with Gasteiger partial charge in [0.25, 0.3) is 0 Å². The second-order valence-electron chi connectivity index (χ2n) is 3.38. The molecule has 0 amide bonds. The second kappa shape index (κ2) is 8.63. The first-order chi connectivity index (χ1) is 8.27. The van der Waals surface area contributed by atoms with E-state index in [9.17, 15) is 0 Å². The topological polar surface area (TPSA) is 4.93 Å². The summed E-state index contributed by atoms with van der Waals surface area (Å²) in [5.74, 6) is 0. The minimum atomic E-state index is 1.27. The Bertz CT molecular complexity index is 399. The Balaban J connectivity index is 0.000000581. The number of nitrogens with zero attached hydrogens (tertiary/aromatic N) is 1. The van der Waals surface area contributed by atoms with Gasteiger partial charge in [0.05, 0.1) is 0 Å². The first-order valence-corrected chi connectivity index (χ1v) is 6.48. The first-order valence-electron chi connectivity index (χ1n) is 6.48. The van der Waals surface area contributed by atoms with Gasteiger partial charge >= 0.3 is 0 Å². The van der Waals surface area contributed by atoms with Crippen molar-refractivity contribution in [2.24, 2.45) is 0 Å². The predicted octanol–water partition coefficient (Wildman–Crippen LogP) is 5.15. The van der Waals surface area contributed by atoms with Crippen LogP contribution in [0.2, 0.25) is 0 Å². The molecule has 2 rings (SSSR count). The van der Waals surface area contributed by atoms with Gasteiger partial charge in [-0.05, 0) is 43.2 Å². The zero-order chi connectivity index (χ0) is 13.3. The summed E-state index contributed by atoms with van der Waals surface area (Å²) in [6.45, 7) is 12.3. The van der Waals surface area contributed by atoms with Crippen LogP contribution in [0.15, 0.2) is 42.7 Å². The fourth-order valence-corrected chi connectivity index (χ4v) is 1.49. The number of hydrogen-bond acceptors (Lipinski definition) is 0. The molecule has 0 aliphatic carbocycles. The Morgan fingerprint density at radius 1 is 0.824 bits per heavy atom. The van der Waals surface area contributed by atoms with Crippen LogP contribution in [-0.4, -0.2) is 4.57 Å². The number of rotatable bonds is 1. The number of benzene rings is 1. The van der Waals surface area contributed by atoms with Crippen molar-refractivity contribution in [2.75, 3.05) is 0 Å². The van der Waals surface area contributed by atoms with Crippen LogP contribution in [0.25, 0.3) is 5.69 Å². The average Bonchev–Trinajstić information content (AvgIpc) is 2.91. The molecule has 0 aliphatic rings. The van der Waals surface area contributed by atoms with E-state index in [2.05, 4.69) is 49.0 Å². The molecule has 2 aromatic rings. The zero-order valence-corrected chi connectivity index (χ0v) is 12.0. The van der Waals surface area contributed by atoms with Gasteiger partial charge in [-0.25, -0.2) is 0 Å². The van der Waals surface area contributed by atoms with Gasteiger partial charge in [0, 0.05) is 18.1 Å². The van der Waals surface area contributed by atoms with Gasteiger partial charge in [0.15, 0.2) is 0 Å². The van der Waals surface area contributed by atoms with Crippen molar-refractivity contribution in [1.29, 1.82) is 0 Å². The summed E-state index contributed by atoms with van der Waals surface area (Å²) in [6, 6.07) is 10.6. The number of aromatic nitrogens is 1. The Kier molecular flexibility index (Phi) is 7.87. The molecule has 0 N–H and O–H groups in total. The van der Waals surface area contributed by atoms with E-state index in [0.29, 0.717) is 0 Å². The molecule has 1 aromatic heterocycles. The summed E-state index contributed by atoms with van der Waals surface area (Å²) in [5, 5.41) is 0. The number of aryl methyl sites for hydroxylation is 2. The maximum Gasteiger partial charge on any atom is 0.0481 e. The van der Waals surface area contributed by atoms with Crippen molar-refractivity contribution in [3.05, 3.63) is 53.9 Å². The highest BCUT2D eigenvalue weighted by atomic mass is 14.9. The van der Waals surface area contributed by atoms with Crippen LogP contribution in [0, 0.1) is 13.8 Å². The highest BCUT2D eigenvalue weighted by Gasteiger charge is 1.98.